The Morgan fingerprint density at radius 3 is 3.06 bits per heavy atom. The summed E-state index contributed by atoms with van der Waals surface area (Å²) in [5, 5.41) is 14.8. The topological polar surface area (TPSA) is 77.2 Å². The summed E-state index contributed by atoms with van der Waals surface area (Å²) in [5.74, 6) is 0.828. The molecule has 0 radical (unpaired) electrons. The summed E-state index contributed by atoms with van der Waals surface area (Å²) in [7, 11) is 0. The van der Waals surface area contributed by atoms with Gasteiger partial charge in [-0.05, 0) is 23.3 Å². The molecular weight excluding hydrogens is 208 g/mol. The summed E-state index contributed by atoms with van der Waals surface area (Å²) in [5.41, 5.74) is 0.650. The highest BCUT2D eigenvalue weighted by atomic mass is 16.5. The van der Waals surface area contributed by atoms with Gasteiger partial charge in [0.25, 0.3) is 0 Å². The minimum Gasteiger partial charge on any atom is -0.381 e. The maximum atomic E-state index is 5.31. The molecule has 1 N–H and O–H groups in total. The Hall–Kier alpha value is -1.76. The molecule has 84 valence electrons. The van der Waals surface area contributed by atoms with Gasteiger partial charge in [-0.15, -0.1) is 5.10 Å². The van der Waals surface area contributed by atoms with Crippen LogP contribution in [-0.2, 0) is 4.74 Å². The second kappa shape index (κ2) is 4.01. The number of anilines is 1. The van der Waals surface area contributed by atoms with Crippen LogP contribution in [0, 0.1) is 0 Å². The Balaban J connectivity index is 1.85. The van der Waals surface area contributed by atoms with Crippen LogP contribution in [0.5, 0.6) is 0 Å². The van der Waals surface area contributed by atoms with Gasteiger partial charge in [-0.25, -0.2) is 0 Å². The zero-order valence-electron chi connectivity index (χ0n) is 8.70. The molecule has 1 aliphatic rings. The van der Waals surface area contributed by atoms with E-state index in [4.69, 9.17) is 4.74 Å². The Morgan fingerprint density at radius 2 is 2.19 bits per heavy atom. The van der Waals surface area contributed by atoms with E-state index in [0.717, 1.165) is 31.9 Å². The normalized spacial score (nSPS) is 17.8. The molecule has 0 unspecified atom stereocenters. The maximum Gasteiger partial charge on any atom is 0.199 e. The third kappa shape index (κ3) is 1.69. The SMILES string of the molecule is c1ncc2nnnn2c1NC1CCOCC1. The summed E-state index contributed by atoms with van der Waals surface area (Å²) >= 11 is 0. The Morgan fingerprint density at radius 1 is 1.31 bits per heavy atom. The van der Waals surface area contributed by atoms with E-state index >= 15 is 0 Å². The highest BCUT2D eigenvalue weighted by Gasteiger charge is 2.15. The van der Waals surface area contributed by atoms with Crippen LogP contribution in [0.3, 0.4) is 0 Å². The fourth-order valence-corrected chi connectivity index (χ4v) is 1.82. The van der Waals surface area contributed by atoms with E-state index in [1.807, 2.05) is 0 Å². The first-order valence-electron chi connectivity index (χ1n) is 5.30. The molecule has 1 saturated heterocycles. The van der Waals surface area contributed by atoms with Crippen LogP contribution in [0.2, 0.25) is 0 Å². The molecule has 1 fully saturated rings. The van der Waals surface area contributed by atoms with Gasteiger partial charge in [0.2, 0.25) is 0 Å². The molecule has 3 heterocycles. The Kier molecular flexibility index (Phi) is 2.37. The third-order valence-corrected chi connectivity index (χ3v) is 2.68. The van der Waals surface area contributed by atoms with Crippen LogP contribution in [0.1, 0.15) is 12.8 Å². The molecule has 2 aromatic rings. The van der Waals surface area contributed by atoms with Crippen molar-refractivity contribution in [2.24, 2.45) is 0 Å². The summed E-state index contributed by atoms with van der Waals surface area (Å²) in [6.07, 6.45) is 5.37. The van der Waals surface area contributed by atoms with Crippen molar-refractivity contribution < 1.29 is 4.74 Å². The summed E-state index contributed by atoms with van der Waals surface area (Å²) < 4.78 is 6.96. The largest absolute Gasteiger partial charge is 0.381 e. The number of hydrogen-bond donors (Lipinski definition) is 1. The minimum absolute atomic E-state index is 0.408. The summed E-state index contributed by atoms with van der Waals surface area (Å²) in [4.78, 5) is 4.09. The van der Waals surface area contributed by atoms with Crippen LogP contribution in [-0.4, -0.2) is 44.3 Å². The van der Waals surface area contributed by atoms with E-state index < -0.39 is 0 Å². The lowest BCUT2D eigenvalue weighted by molar-refractivity contribution is 0.0903. The van der Waals surface area contributed by atoms with Crippen molar-refractivity contribution in [3.63, 3.8) is 0 Å². The fourth-order valence-electron chi connectivity index (χ4n) is 1.82. The Labute approximate surface area is 91.8 Å². The van der Waals surface area contributed by atoms with Crippen LogP contribution in [0.4, 0.5) is 5.82 Å². The minimum atomic E-state index is 0.408. The lowest BCUT2D eigenvalue weighted by Crippen LogP contribution is -2.28. The highest BCUT2D eigenvalue weighted by Crippen LogP contribution is 2.14. The Bertz CT molecular complexity index is 478. The van der Waals surface area contributed by atoms with E-state index in [0.29, 0.717) is 11.7 Å². The second-order valence-electron chi connectivity index (χ2n) is 3.77. The maximum absolute atomic E-state index is 5.31. The number of aromatic nitrogens is 5. The lowest BCUT2D eigenvalue weighted by atomic mass is 10.1. The van der Waals surface area contributed by atoms with Gasteiger partial charge in [0.15, 0.2) is 11.5 Å². The number of hydrogen-bond acceptors (Lipinski definition) is 6. The zero-order chi connectivity index (χ0) is 10.8. The quantitative estimate of drug-likeness (QED) is 0.774. The van der Waals surface area contributed by atoms with Gasteiger partial charge >= 0.3 is 0 Å². The second-order valence-corrected chi connectivity index (χ2v) is 3.77. The van der Waals surface area contributed by atoms with Gasteiger partial charge in [0.1, 0.15) is 0 Å². The molecule has 0 spiro atoms. The zero-order valence-corrected chi connectivity index (χ0v) is 8.70. The van der Waals surface area contributed by atoms with Crippen LogP contribution >= 0.6 is 0 Å². The van der Waals surface area contributed by atoms with Crippen molar-refractivity contribution in [3.05, 3.63) is 12.4 Å². The summed E-state index contributed by atoms with van der Waals surface area (Å²) in [6.45, 7) is 1.60. The standard InChI is InChI=1S/C9H12N6O/c1-3-16-4-2-7(1)11-8-5-10-6-9-12-13-14-15(8)9/h5-7,11H,1-4H2. The lowest BCUT2D eigenvalue weighted by Gasteiger charge is -2.23. The summed E-state index contributed by atoms with van der Waals surface area (Å²) in [6, 6.07) is 0.408. The first-order valence-corrected chi connectivity index (χ1v) is 5.30. The molecule has 0 bridgehead atoms. The van der Waals surface area contributed by atoms with Gasteiger partial charge in [-0.3, -0.25) is 4.98 Å². The van der Waals surface area contributed by atoms with Crippen LogP contribution < -0.4 is 5.32 Å². The van der Waals surface area contributed by atoms with Gasteiger partial charge in [-0.2, -0.15) is 4.52 Å². The van der Waals surface area contributed by atoms with Gasteiger partial charge < -0.3 is 10.1 Å². The molecule has 0 amide bonds. The first-order chi connectivity index (χ1) is 7.93. The van der Waals surface area contributed by atoms with Gasteiger partial charge in [-0.1, -0.05) is 0 Å². The predicted octanol–water partition coefficient (Wildman–Crippen LogP) is 0.110. The van der Waals surface area contributed by atoms with Crippen LogP contribution in [0.25, 0.3) is 5.65 Å². The van der Waals surface area contributed by atoms with Crippen molar-refractivity contribution >= 4 is 11.5 Å². The number of nitrogens with one attached hydrogen (secondary N) is 1. The average molecular weight is 220 g/mol. The molecule has 0 aromatic carbocycles. The molecule has 7 heteroatoms. The molecular formula is C9H12N6O. The fraction of sp³-hybridized carbons (Fsp3) is 0.556. The molecule has 1 aliphatic heterocycles. The monoisotopic (exact) mass is 220 g/mol. The van der Waals surface area contributed by atoms with Crippen molar-refractivity contribution in [1.29, 1.82) is 0 Å². The highest BCUT2D eigenvalue weighted by molar-refractivity contribution is 5.44. The number of tetrazole rings is 1. The molecule has 2 aromatic heterocycles. The van der Waals surface area contributed by atoms with Crippen molar-refractivity contribution in [3.8, 4) is 0 Å². The molecule has 0 aliphatic carbocycles. The van der Waals surface area contributed by atoms with E-state index in [1.54, 1.807) is 16.9 Å². The van der Waals surface area contributed by atoms with E-state index in [9.17, 15) is 0 Å². The molecule has 16 heavy (non-hydrogen) atoms. The molecule has 0 saturated carbocycles. The van der Waals surface area contributed by atoms with E-state index in [-0.39, 0.29) is 0 Å². The van der Waals surface area contributed by atoms with Gasteiger partial charge in [0, 0.05) is 19.3 Å². The number of rotatable bonds is 2. The third-order valence-electron chi connectivity index (χ3n) is 2.68. The average Bonchev–Trinajstić information content (AvgIpc) is 2.80. The number of fused-ring (bicyclic) bond motifs is 1. The molecule has 3 rings (SSSR count). The van der Waals surface area contributed by atoms with Crippen LogP contribution in [0.15, 0.2) is 12.4 Å². The molecule has 0 atom stereocenters. The van der Waals surface area contributed by atoms with E-state index in [2.05, 4.69) is 25.8 Å². The van der Waals surface area contributed by atoms with E-state index in [1.165, 1.54) is 0 Å². The van der Waals surface area contributed by atoms with Crippen molar-refractivity contribution in [2.45, 2.75) is 18.9 Å². The van der Waals surface area contributed by atoms with Crippen molar-refractivity contribution in [1.82, 2.24) is 25.0 Å². The van der Waals surface area contributed by atoms with Crippen molar-refractivity contribution in [2.75, 3.05) is 18.5 Å². The number of ether oxygens (including phenoxy) is 1. The van der Waals surface area contributed by atoms with Gasteiger partial charge in [0.05, 0.1) is 12.4 Å². The predicted molar refractivity (Wildman–Crippen MR) is 56.0 cm³/mol. The smallest absolute Gasteiger partial charge is 0.199 e. The first kappa shape index (κ1) is 9.46. The number of nitrogens with zero attached hydrogens (tertiary/aromatic N) is 5. The molecule has 7 nitrogen and oxygen atoms in total.